The molecule has 0 bridgehead atoms. The molecule has 3 aromatic rings. The van der Waals surface area contributed by atoms with Gasteiger partial charge in [0.05, 0.1) is 21.8 Å². The van der Waals surface area contributed by atoms with Gasteiger partial charge in [-0.3, -0.25) is 13.9 Å². The van der Waals surface area contributed by atoms with Crippen LogP contribution < -0.4 is 14.9 Å². The van der Waals surface area contributed by atoms with E-state index >= 15 is 0 Å². The van der Waals surface area contributed by atoms with Crippen LogP contribution in [0.3, 0.4) is 0 Å². The molecule has 0 unspecified atom stereocenters. The Hall–Kier alpha value is -3.69. The first kappa shape index (κ1) is 27.9. The minimum Gasteiger partial charge on any atom is -0.385 e. The van der Waals surface area contributed by atoms with Crippen molar-refractivity contribution in [3.63, 3.8) is 0 Å². The fraction of sp³-hybridized carbons (Fsp3) is 0.286. The van der Waals surface area contributed by atoms with Crippen LogP contribution in [0.4, 0.5) is 11.4 Å². The fourth-order valence-corrected chi connectivity index (χ4v) is 5.27. The highest BCUT2D eigenvalue weighted by Gasteiger charge is 2.29. The number of ether oxygens (including phenoxy) is 1. The first-order valence-electron chi connectivity index (χ1n) is 12.1. The molecule has 196 valence electrons. The van der Waals surface area contributed by atoms with Crippen molar-refractivity contribution in [1.29, 1.82) is 0 Å². The van der Waals surface area contributed by atoms with Gasteiger partial charge in [-0.15, -0.1) is 0 Å². The SMILES string of the molecule is CCc1ccccc1N(CC(=O)Nc1ccccc1C(=O)NCCCOC)S(=O)(=O)c1ccc(C)cc1. The number of para-hydroxylation sites is 2. The number of aryl methyl sites for hydroxylation is 2. The van der Waals surface area contributed by atoms with Gasteiger partial charge in [0.2, 0.25) is 5.91 Å². The van der Waals surface area contributed by atoms with Crippen molar-refractivity contribution in [2.45, 2.75) is 31.6 Å². The van der Waals surface area contributed by atoms with E-state index in [0.717, 1.165) is 15.4 Å². The van der Waals surface area contributed by atoms with Crippen molar-refractivity contribution in [3.05, 3.63) is 89.5 Å². The van der Waals surface area contributed by atoms with E-state index in [-0.39, 0.29) is 16.4 Å². The summed E-state index contributed by atoms with van der Waals surface area (Å²) in [5, 5.41) is 5.54. The molecule has 0 atom stereocenters. The third-order valence-electron chi connectivity index (χ3n) is 5.79. The Bertz CT molecular complexity index is 1320. The second kappa shape index (κ2) is 13.0. The molecule has 0 saturated carbocycles. The van der Waals surface area contributed by atoms with Gasteiger partial charge in [0.15, 0.2) is 0 Å². The summed E-state index contributed by atoms with van der Waals surface area (Å²) in [6.45, 7) is 4.28. The maximum Gasteiger partial charge on any atom is 0.264 e. The quantitative estimate of drug-likeness (QED) is 0.347. The lowest BCUT2D eigenvalue weighted by Crippen LogP contribution is -2.39. The number of nitrogens with one attached hydrogen (secondary N) is 2. The number of nitrogens with zero attached hydrogens (tertiary/aromatic N) is 1. The van der Waals surface area contributed by atoms with E-state index in [1.165, 1.54) is 12.1 Å². The van der Waals surface area contributed by atoms with Crippen LogP contribution in [0.2, 0.25) is 0 Å². The molecular weight excluding hydrogens is 490 g/mol. The van der Waals surface area contributed by atoms with Crippen LogP contribution in [0, 0.1) is 6.92 Å². The zero-order chi connectivity index (χ0) is 26.8. The highest BCUT2D eigenvalue weighted by Crippen LogP contribution is 2.28. The first-order chi connectivity index (χ1) is 17.8. The Labute approximate surface area is 218 Å². The van der Waals surface area contributed by atoms with Gasteiger partial charge >= 0.3 is 0 Å². The Morgan fingerprint density at radius 3 is 2.32 bits per heavy atom. The van der Waals surface area contributed by atoms with Gasteiger partial charge in [-0.1, -0.05) is 55.0 Å². The molecule has 9 heteroatoms. The molecule has 0 radical (unpaired) electrons. The Kier molecular flexibility index (Phi) is 9.82. The third-order valence-corrected chi connectivity index (χ3v) is 7.57. The molecule has 0 saturated heterocycles. The maximum atomic E-state index is 13.7. The molecule has 0 aliphatic carbocycles. The minimum absolute atomic E-state index is 0.0904. The zero-order valence-corrected chi connectivity index (χ0v) is 22.2. The second-order valence-corrected chi connectivity index (χ2v) is 10.4. The number of hydrogen-bond acceptors (Lipinski definition) is 5. The summed E-state index contributed by atoms with van der Waals surface area (Å²) in [5.74, 6) is -0.909. The number of carbonyl (C=O) groups excluding carboxylic acids is 2. The van der Waals surface area contributed by atoms with E-state index < -0.39 is 22.5 Å². The standard InChI is InChI=1S/C28H33N3O5S/c1-4-22-10-5-8-13-26(22)31(37(34,35)23-16-14-21(2)15-17-23)20-27(32)30-25-12-7-6-11-24(25)28(33)29-18-9-19-36-3/h5-8,10-17H,4,9,18-20H2,1-3H3,(H,29,33)(H,30,32). The molecule has 8 nitrogen and oxygen atoms in total. The fourth-order valence-electron chi connectivity index (χ4n) is 3.81. The zero-order valence-electron chi connectivity index (χ0n) is 21.4. The van der Waals surface area contributed by atoms with E-state index in [9.17, 15) is 18.0 Å². The molecule has 0 aromatic heterocycles. The largest absolute Gasteiger partial charge is 0.385 e. The molecule has 37 heavy (non-hydrogen) atoms. The van der Waals surface area contributed by atoms with Gasteiger partial charge in [0, 0.05) is 20.3 Å². The summed E-state index contributed by atoms with van der Waals surface area (Å²) in [7, 11) is -2.46. The monoisotopic (exact) mass is 523 g/mol. The number of benzene rings is 3. The average molecular weight is 524 g/mol. The first-order valence-corrected chi connectivity index (χ1v) is 13.5. The van der Waals surface area contributed by atoms with Crippen LogP contribution in [0.1, 0.15) is 34.8 Å². The maximum absolute atomic E-state index is 13.7. The van der Waals surface area contributed by atoms with Crippen LogP contribution in [0.15, 0.2) is 77.7 Å². The summed E-state index contributed by atoms with van der Waals surface area (Å²) in [6.07, 6.45) is 1.24. The van der Waals surface area contributed by atoms with Gasteiger partial charge in [-0.25, -0.2) is 8.42 Å². The summed E-state index contributed by atoms with van der Waals surface area (Å²) in [5.41, 5.74) is 2.74. The predicted octanol–water partition coefficient (Wildman–Crippen LogP) is 4.16. The van der Waals surface area contributed by atoms with Gasteiger partial charge in [-0.2, -0.15) is 0 Å². The third kappa shape index (κ3) is 7.18. The minimum atomic E-state index is -4.05. The smallest absolute Gasteiger partial charge is 0.264 e. The lowest BCUT2D eigenvalue weighted by molar-refractivity contribution is -0.114. The molecule has 3 rings (SSSR count). The van der Waals surface area contributed by atoms with Crippen LogP contribution in [-0.4, -0.2) is 47.0 Å². The van der Waals surface area contributed by atoms with Crippen molar-refractivity contribution < 1.29 is 22.7 Å². The number of rotatable bonds is 12. The van der Waals surface area contributed by atoms with Crippen LogP contribution in [0.25, 0.3) is 0 Å². The molecule has 0 spiro atoms. The van der Waals surface area contributed by atoms with Crippen molar-refractivity contribution in [2.75, 3.05) is 36.4 Å². The summed E-state index contributed by atoms with van der Waals surface area (Å²) in [4.78, 5) is 26.0. The number of anilines is 2. The van der Waals surface area contributed by atoms with Gasteiger partial charge in [0.25, 0.3) is 15.9 Å². The van der Waals surface area contributed by atoms with Gasteiger partial charge in [-0.05, 0) is 55.7 Å². The number of sulfonamides is 1. The van der Waals surface area contributed by atoms with Crippen LogP contribution in [-0.2, 0) is 26.0 Å². The Balaban J connectivity index is 1.89. The van der Waals surface area contributed by atoms with E-state index in [0.29, 0.717) is 37.4 Å². The van der Waals surface area contributed by atoms with Crippen molar-refractivity contribution in [1.82, 2.24) is 5.32 Å². The van der Waals surface area contributed by atoms with Crippen molar-refractivity contribution in [2.24, 2.45) is 0 Å². The summed E-state index contributed by atoms with van der Waals surface area (Å²) in [6, 6.07) is 20.2. The number of carbonyl (C=O) groups is 2. The normalized spacial score (nSPS) is 11.1. The second-order valence-electron chi connectivity index (χ2n) is 8.50. The van der Waals surface area contributed by atoms with E-state index in [1.54, 1.807) is 55.6 Å². The molecule has 0 aliphatic heterocycles. The molecule has 2 N–H and O–H groups in total. The lowest BCUT2D eigenvalue weighted by Gasteiger charge is -2.26. The highest BCUT2D eigenvalue weighted by molar-refractivity contribution is 7.92. The molecule has 3 aromatic carbocycles. The number of amides is 2. The van der Waals surface area contributed by atoms with E-state index in [4.69, 9.17) is 4.74 Å². The topological polar surface area (TPSA) is 105 Å². The van der Waals surface area contributed by atoms with Crippen molar-refractivity contribution >= 4 is 33.2 Å². The predicted molar refractivity (Wildman–Crippen MR) is 145 cm³/mol. The van der Waals surface area contributed by atoms with Crippen LogP contribution >= 0.6 is 0 Å². The number of methoxy groups -OCH3 is 1. The van der Waals surface area contributed by atoms with Gasteiger partial charge < -0.3 is 15.4 Å². The molecule has 0 heterocycles. The molecule has 2 amide bonds. The summed E-state index contributed by atoms with van der Waals surface area (Å²) < 4.78 is 33.6. The molecule has 0 fully saturated rings. The van der Waals surface area contributed by atoms with Crippen molar-refractivity contribution in [3.8, 4) is 0 Å². The highest BCUT2D eigenvalue weighted by atomic mass is 32.2. The Morgan fingerprint density at radius 2 is 1.62 bits per heavy atom. The van der Waals surface area contributed by atoms with Gasteiger partial charge in [0.1, 0.15) is 6.54 Å². The number of hydrogen-bond donors (Lipinski definition) is 2. The summed E-state index contributed by atoms with van der Waals surface area (Å²) >= 11 is 0. The van der Waals surface area contributed by atoms with E-state index in [2.05, 4.69) is 10.6 Å². The van der Waals surface area contributed by atoms with E-state index in [1.807, 2.05) is 26.0 Å². The average Bonchev–Trinajstić information content (AvgIpc) is 2.90. The molecule has 0 aliphatic rings. The Morgan fingerprint density at radius 1 is 0.946 bits per heavy atom. The van der Waals surface area contributed by atoms with Crippen LogP contribution in [0.5, 0.6) is 0 Å². The molecular formula is C28H33N3O5S. The lowest BCUT2D eigenvalue weighted by atomic mass is 10.1.